The first-order valence-electron chi connectivity index (χ1n) is 10.8. The summed E-state index contributed by atoms with van der Waals surface area (Å²) < 4.78 is 7.47. The highest BCUT2D eigenvalue weighted by Gasteiger charge is 2.34. The Hall–Kier alpha value is -3.64. The van der Waals surface area contributed by atoms with E-state index < -0.39 is 6.09 Å². The maximum absolute atomic E-state index is 12.0. The van der Waals surface area contributed by atoms with Gasteiger partial charge in [-0.05, 0) is 37.0 Å². The predicted octanol–water partition coefficient (Wildman–Crippen LogP) is 5.07. The second-order valence-electron chi connectivity index (χ2n) is 8.62. The molecule has 0 radical (unpaired) electrons. The number of rotatable bonds is 4. The number of fused-ring (bicyclic) bond motifs is 1. The van der Waals surface area contributed by atoms with Gasteiger partial charge in [0.15, 0.2) is 0 Å². The summed E-state index contributed by atoms with van der Waals surface area (Å²) in [4.78, 5) is 18.4. The summed E-state index contributed by atoms with van der Waals surface area (Å²) in [5.74, 6) is 0.461. The third kappa shape index (κ3) is 3.52. The summed E-state index contributed by atoms with van der Waals surface area (Å²) in [5.41, 5.74) is 12.1. The Bertz CT molecular complexity index is 1270. The van der Waals surface area contributed by atoms with E-state index in [0.717, 1.165) is 41.0 Å². The van der Waals surface area contributed by atoms with Gasteiger partial charge < -0.3 is 15.4 Å². The molecule has 0 bridgehead atoms. The molecule has 6 nitrogen and oxygen atoms in total. The molecule has 1 aliphatic rings. The van der Waals surface area contributed by atoms with Crippen molar-refractivity contribution in [2.24, 2.45) is 5.73 Å². The summed E-state index contributed by atoms with van der Waals surface area (Å²) in [6.07, 6.45) is 4.64. The number of amides is 1. The maximum atomic E-state index is 12.0. The van der Waals surface area contributed by atoms with E-state index >= 15 is 0 Å². The normalized spacial score (nSPS) is 14.7. The molecule has 0 saturated heterocycles. The van der Waals surface area contributed by atoms with Gasteiger partial charge >= 0.3 is 6.09 Å². The zero-order chi connectivity index (χ0) is 22.3. The van der Waals surface area contributed by atoms with Crippen molar-refractivity contribution >= 4 is 11.7 Å². The molecule has 2 heterocycles. The van der Waals surface area contributed by atoms with E-state index in [1.807, 2.05) is 34.9 Å². The number of nitrogens with zero attached hydrogens (tertiary/aromatic N) is 3. The SMILES string of the molecule is CN(C)C(=O)Oc1ccc2nc(-c3ccc(C4(N)CCC4)cc3)c(-c3ccccc3)n2c1. The summed E-state index contributed by atoms with van der Waals surface area (Å²) in [5, 5.41) is 0. The van der Waals surface area contributed by atoms with Crippen LogP contribution in [0, 0.1) is 0 Å². The zero-order valence-corrected chi connectivity index (χ0v) is 18.3. The number of carbonyl (C=O) groups is 1. The van der Waals surface area contributed by atoms with Gasteiger partial charge in [0.1, 0.15) is 11.4 Å². The smallest absolute Gasteiger partial charge is 0.409 e. The van der Waals surface area contributed by atoms with Gasteiger partial charge in [-0.25, -0.2) is 9.78 Å². The average molecular weight is 427 g/mol. The molecule has 1 aliphatic carbocycles. The van der Waals surface area contributed by atoms with Crippen LogP contribution in [0.25, 0.3) is 28.2 Å². The Morgan fingerprint density at radius 3 is 2.34 bits per heavy atom. The third-order valence-corrected chi connectivity index (χ3v) is 6.19. The molecule has 2 aromatic carbocycles. The van der Waals surface area contributed by atoms with Crippen molar-refractivity contribution in [1.29, 1.82) is 0 Å². The standard InChI is InChI=1S/C26H26N4O2/c1-29(2)25(31)32-21-13-14-22-28-23(24(30(22)17-21)19-7-4-3-5-8-19)18-9-11-20(12-10-18)26(27)15-6-16-26/h3-5,7-14,17H,6,15-16,27H2,1-2H3. The summed E-state index contributed by atoms with van der Waals surface area (Å²) >= 11 is 0. The van der Waals surface area contributed by atoms with Crippen LogP contribution in [0.5, 0.6) is 5.75 Å². The third-order valence-electron chi connectivity index (χ3n) is 6.19. The highest BCUT2D eigenvalue weighted by atomic mass is 16.6. The number of ether oxygens (including phenoxy) is 1. The zero-order valence-electron chi connectivity index (χ0n) is 18.3. The molecule has 5 rings (SSSR count). The van der Waals surface area contributed by atoms with Crippen LogP contribution < -0.4 is 10.5 Å². The van der Waals surface area contributed by atoms with Crippen LogP contribution in [0.1, 0.15) is 24.8 Å². The molecular formula is C26H26N4O2. The maximum Gasteiger partial charge on any atom is 0.414 e. The van der Waals surface area contributed by atoms with E-state index in [1.54, 1.807) is 20.2 Å². The molecule has 2 aromatic heterocycles. The van der Waals surface area contributed by atoms with Crippen molar-refractivity contribution in [3.63, 3.8) is 0 Å². The minimum atomic E-state index is -0.423. The Balaban J connectivity index is 1.62. The number of carbonyl (C=O) groups excluding carboxylic acids is 1. The molecule has 1 saturated carbocycles. The molecular weight excluding hydrogens is 400 g/mol. The van der Waals surface area contributed by atoms with Gasteiger partial charge in [0.25, 0.3) is 0 Å². The lowest BCUT2D eigenvalue weighted by Gasteiger charge is -2.38. The highest BCUT2D eigenvalue weighted by Crippen LogP contribution is 2.40. The Kier molecular flexibility index (Phi) is 4.94. The molecule has 0 spiro atoms. The molecule has 1 fully saturated rings. The molecule has 1 amide bonds. The van der Waals surface area contributed by atoms with Crippen LogP contribution in [0.15, 0.2) is 72.9 Å². The highest BCUT2D eigenvalue weighted by molar-refractivity contribution is 5.82. The van der Waals surface area contributed by atoms with E-state index in [2.05, 4.69) is 36.4 Å². The number of hydrogen-bond donors (Lipinski definition) is 1. The number of imidazole rings is 1. The largest absolute Gasteiger partial charge is 0.414 e. The van der Waals surface area contributed by atoms with Gasteiger partial charge in [0.05, 0.1) is 17.6 Å². The van der Waals surface area contributed by atoms with Crippen LogP contribution in [-0.2, 0) is 5.54 Å². The van der Waals surface area contributed by atoms with Crippen molar-refractivity contribution in [2.75, 3.05) is 14.1 Å². The Morgan fingerprint density at radius 1 is 1.00 bits per heavy atom. The van der Waals surface area contributed by atoms with Crippen molar-refractivity contribution in [3.8, 4) is 28.3 Å². The van der Waals surface area contributed by atoms with Gasteiger partial charge in [0, 0.05) is 30.8 Å². The van der Waals surface area contributed by atoms with Crippen LogP contribution >= 0.6 is 0 Å². The lowest BCUT2D eigenvalue weighted by Crippen LogP contribution is -2.43. The molecule has 32 heavy (non-hydrogen) atoms. The Morgan fingerprint density at radius 2 is 1.72 bits per heavy atom. The number of benzene rings is 2. The lowest BCUT2D eigenvalue weighted by atomic mass is 9.72. The first-order chi connectivity index (χ1) is 15.4. The molecule has 6 heteroatoms. The van der Waals surface area contributed by atoms with Gasteiger partial charge in [-0.1, -0.05) is 54.6 Å². The first-order valence-corrected chi connectivity index (χ1v) is 10.8. The van der Waals surface area contributed by atoms with Gasteiger partial charge in [-0.15, -0.1) is 0 Å². The van der Waals surface area contributed by atoms with E-state index in [4.69, 9.17) is 15.5 Å². The first kappa shape index (κ1) is 20.3. The van der Waals surface area contributed by atoms with Crippen LogP contribution in [-0.4, -0.2) is 34.5 Å². The minimum absolute atomic E-state index is 0.190. The summed E-state index contributed by atoms with van der Waals surface area (Å²) in [6.45, 7) is 0. The van der Waals surface area contributed by atoms with Crippen LogP contribution in [0.3, 0.4) is 0 Å². The number of nitrogens with two attached hydrogens (primary N) is 1. The van der Waals surface area contributed by atoms with Crippen molar-refractivity contribution < 1.29 is 9.53 Å². The number of hydrogen-bond acceptors (Lipinski definition) is 4. The number of pyridine rings is 1. The molecule has 4 aromatic rings. The minimum Gasteiger partial charge on any atom is -0.409 e. The van der Waals surface area contributed by atoms with Crippen molar-refractivity contribution in [1.82, 2.24) is 14.3 Å². The van der Waals surface area contributed by atoms with Crippen LogP contribution in [0.2, 0.25) is 0 Å². The Labute approximate surface area is 187 Å². The van der Waals surface area contributed by atoms with Gasteiger partial charge in [-0.3, -0.25) is 4.40 Å². The van der Waals surface area contributed by atoms with E-state index in [9.17, 15) is 4.79 Å². The van der Waals surface area contributed by atoms with E-state index in [1.165, 1.54) is 16.9 Å². The predicted molar refractivity (Wildman–Crippen MR) is 125 cm³/mol. The van der Waals surface area contributed by atoms with E-state index in [-0.39, 0.29) is 5.54 Å². The summed E-state index contributed by atoms with van der Waals surface area (Å²) in [7, 11) is 3.31. The molecule has 0 unspecified atom stereocenters. The molecule has 2 N–H and O–H groups in total. The lowest BCUT2D eigenvalue weighted by molar-refractivity contribution is 0.171. The summed E-state index contributed by atoms with van der Waals surface area (Å²) in [6, 6.07) is 22.2. The average Bonchev–Trinajstić information content (AvgIpc) is 3.17. The van der Waals surface area contributed by atoms with E-state index in [0.29, 0.717) is 5.75 Å². The fourth-order valence-corrected chi connectivity index (χ4v) is 4.16. The van der Waals surface area contributed by atoms with Gasteiger partial charge in [-0.2, -0.15) is 0 Å². The molecule has 162 valence electrons. The van der Waals surface area contributed by atoms with Crippen molar-refractivity contribution in [3.05, 3.63) is 78.5 Å². The van der Waals surface area contributed by atoms with Crippen molar-refractivity contribution in [2.45, 2.75) is 24.8 Å². The molecule has 0 atom stereocenters. The fraction of sp³-hybridized carbons (Fsp3) is 0.231. The second-order valence-corrected chi connectivity index (χ2v) is 8.62. The topological polar surface area (TPSA) is 72.9 Å². The fourth-order valence-electron chi connectivity index (χ4n) is 4.16. The number of aromatic nitrogens is 2. The monoisotopic (exact) mass is 426 g/mol. The molecule has 0 aliphatic heterocycles. The quantitative estimate of drug-likeness (QED) is 0.495. The van der Waals surface area contributed by atoms with Crippen LogP contribution in [0.4, 0.5) is 4.79 Å². The second kappa shape index (κ2) is 7.80. The van der Waals surface area contributed by atoms with Gasteiger partial charge in [0.2, 0.25) is 0 Å².